The van der Waals surface area contributed by atoms with Crippen LogP contribution in [-0.2, 0) is 4.74 Å². The lowest BCUT2D eigenvalue weighted by molar-refractivity contribution is 0.0144. The van der Waals surface area contributed by atoms with Crippen molar-refractivity contribution in [1.82, 2.24) is 15.1 Å². The fraction of sp³-hybridized carbons (Fsp3) is 0.583. The molecule has 0 radical (unpaired) electrons. The van der Waals surface area contributed by atoms with E-state index in [2.05, 4.69) is 10.2 Å². The number of hydrogen-bond acceptors (Lipinski definition) is 4. The molecular weight excluding hydrogens is 234 g/mol. The van der Waals surface area contributed by atoms with Crippen molar-refractivity contribution in [2.75, 3.05) is 19.7 Å². The zero-order valence-corrected chi connectivity index (χ0v) is 10.4. The summed E-state index contributed by atoms with van der Waals surface area (Å²) in [6.07, 6.45) is 1.95. The number of rotatable bonds is 3. The van der Waals surface area contributed by atoms with E-state index < -0.39 is 0 Å². The van der Waals surface area contributed by atoms with Crippen LogP contribution in [0.2, 0.25) is 0 Å². The molecule has 1 fully saturated rings. The van der Waals surface area contributed by atoms with Crippen LogP contribution in [0, 0.1) is 0 Å². The van der Waals surface area contributed by atoms with Crippen LogP contribution in [0.15, 0.2) is 16.9 Å². The minimum Gasteiger partial charge on any atom is -0.378 e. The first kappa shape index (κ1) is 12.8. The van der Waals surface area contributed by atoms with Crippen molar-refractivity contribution in [3.63, 3.8) is 0 Å². The first-order valence-corrected chi connectivity index (χ1v) is 6.17. The minimum atomic E-state index is -0.304. The standard InChI is InChI=1S/C12H17N3O3/c1-2-18-9-5-7-15(8-6-9)12(17)10-3-4-11(16)14-13-10/h3-4,9H,2,5-8H2,1H3,(H,14,16). The molecule has 1 N–H and O–H groups in total. The van der Waals surface area contributed by atoms with Gasteiger partial charge in [-0.1, -0.05) is 0 Å². The summed E-state index contributed by atoms with van der Waals surface area (Å²) < 4.78 is 5.53. The molecule has 2 rings (SSSR count). The van der Waals surface area contributed by atoms with Gasteiger partial charge >= 0.3 is 0 Å². The highest BCUT2D eigenvalue weighted by Crippen LogP contribution is 2.15. The molecule has 1 aromatic rings. The van der Waals surface area contributed by atoms with E-state index >= 15 is 0 Å². The second-order valence-corrected chi connectivity index (χ2v) is 4.25. The Morgan fingerprint density at radius 2 is 2.22 bits per heavy atom. The van der Waals surface area contributed by atoms with Crippen LogP contribution in [0.5, 0.6) is 0 Å². The number of ether oxygens (including phenoxy) is 1. The van der Waals surface area contributed by atoms with Gasteiger partial charge in [0.05, 0.1) is 6.10 Å². The quantitative estimate of drug-likeness (QED) is 0.844. The van der Waals surface area contributed by atoms with Crippen LogP contribution >= 0.6 is 0 Å². The van der Waals surface area contributed by atoms with E-state index in [4.69, 9.17) is 4.74 Å². The van der Waals surface area contributed by atoms with Gasteiger partial charge in [-0.15, -0.1) is 0 Å². The number of carbonyl (C=O) groups is 1. The number of aromatic amines is 1. The zero-order chi connectivity index (χ0) is 13.0. The maximum Gasteiger partial charge on any atom is 0.274 e. The lowest BCUT2D eigenvalue weighted by atomic mass is 10.1. The Kier molecular flexibility index (Phi) is 4.09. The Bertz CT molecular complexity index is 443. The normalized spacial score (nSPS) is 16.8. The number of hydrogen-bond donors (Lipinski definition) is 1. The van der Waals surface area contributed by atoms with Gasteiger partial charge in [0.25, 0.3) is 11.5 Å². The second kappa shape index (κ2) is 5.77. The summed E-state index contributed by atoms with van der Waals surface area (Å²) in [5, 5.41) is 6.02. The third kappa shape index (κ3) is 2.95. The molecule has 1 saturated heterocycles. The highest BCUT2D eigenvalue weighted by atomic mass is 16.5. The van der Waals surface area contributed by atoms with Crippen LogP contribution < -0.4 is 5.56 Å². The monoisotopic (exact) mass is 251 g/mol. The van der Waals surface area contributed by atoms with Crippen molar-refractivity contribution in [1.29, 1.82) is 0 Å². The summed E-state index contributed by atoms with van der Waals surface area (Å²) in [7, 11) is 0. The van der Waals surface area contributed by atoms with E-state index in [1.807, 2.05) is 6.92 Å². The van der Waals surface area contributed by atoms with Gasteiger partial charge in [0, 0.05) is 25.8 Å². The molecule has 98 valence electrons. The van der Waals surface area contributed by atoms with Crippen molar-refractivity contribution in [3.05, 3.63) is 28.2 Å². The molecule has 1 amide bonds. The molecule has 6 nitrogen and oxygen atoms in total. The van der Waals surface area contributed by atoms with Crippen LogP contribution in [-0.4, -0.2) is 46.8 Å². The second-order valence-electron chi connectivity index (χ2n) is 4.25. The van der Waals surface area contributed by atoms with E-state index in [0.29, 0.717) is 19.7 Å². The first-order valence-electron chi connectivity index (χ1n) is 6.17. The number of H-pyrrole nitrogens is 1. The van der Waals surface area contributed by atoms with Crippen molar-refractivity contribution < 1.29 is 9.53 Å². The SMILES string of the molecule is CCOC1CCN(C(=O)c2ccc(=O)[nH]n2)CC1. The topological polar surface area (TPSA) is 75.3 Å². The van der Waals surface area contributed by atoms with Gasteiger partial charge in [-0.25, -0.2) is 5.10 Å². The Labute approximate surface area is 105 Å². The van der Waals surface area contributed by atoms with Gasteiger partial charge in [0.1, 0.15) is 5.69 Å². The Hall–Kier alpha value is -1.69. The number of piperidine rings is 1. The highest BCUT2D eigenvalue weighted by Gasteiger charge is 2.24. The molecule has 6 heteroatoms. The molecule has 2 heterocycles. The van der Waals surface area contributed by atoms with E-state index in [1.54, 1.807) is 4.90 Å². The van der Waals surface area contributed by atoms with Gasteiger partial charge in [0.15, 0.2) is 0 Å². The van der Waals surface area contributed by atoms with E-state index in [0.717, 1.165) is 12.8 Å². The predicted molar refractivity (Wildman–Crippen MR) is 65.4 cm³/mol. The molecule has 0 saturated carbocycles. The Balaban J connectivity index is 1.95. The molecule has 1 aliphatic rings. The fourth-order valence-corrected chi connectivity index (χ4v) is 2.09. The minimum absolute atomic E-state index is 0.138. The maximum absolute atomic E-state index is 12.1. The lowest BCUT2D eigenvalue weighted by Gasteiger charge is -2.31. The van der Waals surface area contributed by atoms with Gasteiger partial charge in [-0.05, 0) is 25.8 Å². The van der Waals surface area contributed by atoms with Gasteiger partial charge in [-0.3, -0.25) is 9.59 Å². The first-order chi connectivity index (χ1) is 8.70. The zero-order valence-electron chi connectivity index (χ0n) is 10.4. The molecule has 0 spiro atoms. The van der Waals surface area contributed by atoms with Crippen LogP contribution in [0.25, 0.3) is 0 Å². The van der Waals surface area contributed by atoms with Gasteiger partial charge < -0.3 is 9.64 Å². The molecule has 0 aliphatic carbocycles. The summed E-state index contributed by atoms with van der Waals surface area (Å²) in [5.74, 6) is -0.138. The van der Waals surface area contributed by atoms with E-state index in [-0.39, 0.29) is 23.3 Å². The van der Waals surface area contributed by atoms with Crippen LogP contribution in [0.1, 0.15) is 30.3 Å². The number of nitrogens with one attached hydrogen (secondary N) is 1. The fourth-order valence-electron chi connectivity index (χ4n) is 2.09. The number of carbonyl (C=O) groups excluding carboxylic acids is 1. The van der Waals surface area contributed by atoms with Crippen molar-refractivity contribution in [2.24, 2.45) is 0 Å². The number of likely N-dealkylation sites (tertiary alicyclic amines) is 1. The molecule has 18 heavy (non-hydrogen) atoms. The third-order valence-corrected chi connectivity index (χ3v) is 3.03. The highest BCUT2D eigenvalue weighted by molar-refractivity contribution is 5.92. The molecule has 0 bridgehead atoms. The van der Waals surface area contributed by atoms with Crippen molar-refractivity contribution in [3.8, 4) is 0 Å². The average Bonchev–Trinajstić information content (AvgIpc) is 2.40. The van der Waals surface area contributed by atoms with E-state index in [9.17, 15) is 9.59 Å². The predicted octanol–water partition coefficient (Wildman–Crippen LogP) is 0.411. The lowest BCUT2D eigenvalue weighted by Crippen LogP contribution is -2.41. The molecule has 1 aliphatic heterocycles. The largest absolute Gasteiger partial charge is 0.378 e. The smallest absolute Gasteiger partial charge is 0.274 e. The number of aromatic nitrogens is 2. The van der Waals surface area contributed by atoms with Crippen LogP contribution in [0.3, 0.4) is 0 Å². The maximum atomic E-state index is 12.1. The van der Waals surface area contributed by atoms with E-state index in [1.165, 1.54) is 12.1 Å². The molecule has 0 unspecified atom stereocenters. The van der Waals surface area contributed by atoms with Crippen molar-refractivity contribution in [2.45, 2.75) is 25.9 Å². The summed E-state index contributed by atoms with van der Waals surface area (Å²) in [6.45, 7) is 4.02. The number of nitrogens with zero attached hydrogens (tertiary/aromatic N) is 2. The summed E-state index contributed by atoms with van der Waals surface area (Å²) in [4.78, 5) is 24.7. The average molecular weight is 251 g/mol. The summed E-state index contributed by atoms with van der Waals surface area (Å²) in [6, 6.07) is 2.77. The Morgan fingerprint density at radius 1 is 1.50 bits per heavy atom. The molecular formula is C12H17N3O3. The Morgan fingerprint density at radius 3 is 2.78 bits per heavy atom. The third-order valence-electron chi connectivity index (χ3n) is 3.03. The van der Waals surface area contributed by atoms with Gasteiger partial charge in [-0.2, -0.15) is 5.10 Å². The van der Waals surface area contributed by atoms with Gasteiger partial charge in [0.2, 0.25) is 0 Å². The number of amides is 1. The summed E-state index contributed by atoms with van der Waals surface area (Å²) >= 11 is 0. The molecule has 0 aromatic carbocycles. The van der Waals surface area contributed by atoms with Crippen LogP contribution in [0.4, 0.5) is 0 Å². The van der Waals surface area contributed by atoms with Crippen molar-refractivity contribution >= 4 is 5.91 Å². The molecule has 0 atom stereocenters. The molecule has 1 aromatic heterocycles. The summed E-state index contributed by atoms with van der Waals surface area (Å²) in [5.41, 5.74) is -0.0222.